The van der Waals surface area contributed by atoms with Crippen molar-refractivity contribution < 1.29 is 23.5 Å². The molecule has 0 atom stereocenters. The molecule has 0 unspecified atom stereocenters. The predicted molar refractivity (Wildman–Crippen MR) is 147 cm³/mol. The van der Waals surface area contributed by atoms with Gasteiger partial charge in [-0.2, -0.15) is 5.10 Å². The van der Waals surface area contributed by atoms with Crippen LogP contribution < -0.4 is 20.2 Å². The van der Waals surface area contributed by atoms with Crippen LogP contribution in [0.1, 0.15) is 42.0 Å². The van der Waals surface area contributed by atoms with E-state index in [-0.39, 0.29) is 18.5 Å². The maximum atomic E-state index is 13.7. The highest BCUT2D eigenvalue weighted by Crippen LogP contribution is 2.34. The normalized spacial score (nSPS) is 10.7. The van der Waals surface area contributed by atoms with Crippen LogP contribution in [0.2, 0.25) is 0 Å². The van der Waals surface area contributed by atoms with E-state index in [9.17, 15) is 14.0 Å². The molecule has 198 valence electrons. The quantitative estimate of drug-likeness (QED) is 0.173. The largest absolute Gasteiger partial charge is 0.490 e. The number of aryl methyl sites for hydroxylation is 1. The summed E-state index contributed by atoms with van der Waals surface area (Å²) >= 11 is 0. The van der Waals surface area contributed by atoms with Gasteiger partial charge in [0.1, 0.15) is 12.4 Å². The number of hydrogen-bond acceptors (Lipinski definition) is 5. The number of benzene rings is 3. The van der Waals surface area contributed by atoms with Gasteiger partial charge in [-0.15, -0.1) is 6.58 Å². The summed E-state index contributed by atoms with van der Waals surface area (Å²) in [6, 6.07) is 17.6. The highest BCUT2D eigenvalue weighted by Gasteiger charge is 2.14. The molecule has 0 aromatic heterocycles. The Morgan fingerprint density at radius 2 is 1.76 bits per heavy atom. The Morgan fingerprint density at radius 3 is 2.47 bits per heavy atom. The summed E-state index contributed by atoms with van der Waals surface area (Å²) in [5.74, 6) is -0.250. The summed E-state index contributed by atoms with van der Waals surface area (Å²) in [6.07, 6.45) is 3.61. The number of allylic oxidation sites excluding steroid dienone is 1. The van der Waals surface area contributed by atoms with Crippen molar-refractivity contribution in [1.82, 2.24) is 5.43 Å². The fourth-order valence-corrected chi connectivity index (χ4v) is 3.57. The van der Waals surface area contributed by atoms with Crippen molar-refractivity contribution in [1.29, 1.82) is 0 Å². The summed E-state index contributed by atoms with van der Waals surface area (Å²) in [5.41, 5.74) is 6.28. The minimum absolute atomic E-state index is 0.0719. The molecule has 0 radical (unpaired) electrons. The molecule has 0 aliphatic rings. The minimum Gasteiger partial charge on any atom is -0.490 e. The van der Waals surface area contributed by atoms with Gasteiger partial charge in [-0.1, -0.05) is 48.0 Å². The van der Waals surface area contributed by atoms with Gasteiger partial charge in [0, 0.05) is 18.4 Å². The number of carbonyl (C=O) groups excluding carboxylic acids is 2. The lowest BCUT2D eigenvalue weighted by molar-refractivity contribution is -0.124. The number of hydrazone groups is 1. The zero-order valence-electron chi connectivity index (χ0n) is 21.6. The van der Waals surface area contributed by atoms with Gasteiger partial charge in [-0.3, -0.25) is 9.59 Å². The second-order valence-corrected chi connectivity index (χ2v) is 8.53. The average Bonchev–Trinajstić information content (AvgIpc) is 2.90. The fourth-order valence-electron chi connectivity index (χ4n) is 3.57. The Morgan fingerprint density at radius 1 is 1.03 bits per heavy atom. The van der Waals surface area contributed by atoms with Crippen LogP contribution in [-0.4, -0.2) is 24.6 Å². The smallest absolute Gasteiger partial charge is 0.240 e. The molecule has 0 aliphatic carbocycles. The molecule has 0 fully saturated rings. The topological polar surface area (TPSA) is 89.0 Å². The number of anilines is 1. The molecule has 2 amide bonds. The molecule has 0 saturated carbocycles. The first-order valence-electron chi connectivity index (χ1n) is 12.3. The standard InChI is InChI=1S/C30H32FN3O4/c1-4-8-24-17-23(18-27(37-5-2)30(24)38-20-22-13-11-21(3)12-14-22)19-32-34-29(36)16-15-28(35)33-26-10-7-6-9-25(26)31/h4,6-7,9-14,17-19H,1,5,8,15-16,20H2,2-3H3,(H,33,35)(H,34,36). The number of carbonyl (C=O) groups is 2. The lowest BCUT2D eigenvalue weighted by Crippen LogP contribution is -2.21. The van der Waals surface area contributed by atoms with Gasteiger partial charge < -0.3 is 14.8 Å². The summed E-state index contributed by atoms with van der Waals surface area (Å²) in [7, 11) is 0. The Kier molecular flexibility index (Phi) is 10.6. The molecule has 8 heteroatoms. The number of ether oxygens (including phenoxy) is 2. The van der Waals surface area contributed by atoms with Gasteiger partial charge in [0.05, 0.1) is 18.5 Å². The summed E-state index contributed by atoms with van der Waals surface area (Å²) < 4.78 is 25.6. The minimum atomic E-state index is -0.538. The third-order valence-electron chi connectivity index (χ3n) is 5.45. The van der Waals surface area contributed by atoms with E-state index in [1.165, 1.54) is 30.0 Å². The van der Waals surface area contributed by atoms with E-state index >= 15 is 0 Å². The van der Waals surface area contributed by atoms with Crippen molar-refractivity contribution in [2.24, 2.45) is 5.10 Å². The van der Waals surface area contributed by atoms with Crippen LogP contribution in [0.15, 0.2) is 78.4 Å². The van der Waals surface area contributed by atoms with Crippen LogP contribution in [0.3, 0.4) is 0 Å². The number of amides is 2. The van der Waals surface area contributed by atoms with E-state index in [4.69, 9.17) is 9.47 Å². The van der Waals surface area contributed by atoms with Crippen LogP contribution in [-0.2, 0) is 22.6 Å². The van der Waals surface area contributed by atoms with E-state index in [1.54, 1.807) is 18.2 Å². The first kappa shape index (κ1) is 28.1. The molecule has 0 aliphatic heterocycles. The molecule has 0 bridgehead atoms. The molecule has 3 aromatic rings. The highest BCUT2D eigenvalue weighted by atomic mass is 19.1. The van der Waals surface area contributed by atoms with Crippen molar-refractivity contribution >= 4 is 23.7 Å². The number of para-hydroxylation sites is 1. The van der Waals surface area contributed by atoms with Gasteiger partial charge in [0.15, 0.2) is 11.5 Å². The second-order valence-electron chi connectivity index (χ2n) is 8.53. The molecule has 0 heterocycles. The molecule has 2 N–H and O–H groups in total. The lowest BCUT2D eigenvalue weighted by Gasteiger charge is -2.17. The molecule has 3 aromatic carbocycles. The van der Waals surface area contributed by atoms with Crippen LogP contribution >= 0.6 is 0 Å². The number of nitrogens with zero attached hydrogens (tertiary/aromatic N) is 1. The van der Waals surface area contributed by atoms with Crippen LogP contribution in [0.25, 0.3) is 0 Å². The third kappa shape index (κ3) is 8.58. The van der Waals surface area contributed by atoms with Crippen molar-refractivity contribution in [3.63, 3.8) is 0 Å². The van der Waals surface area contributed by atoms with Crippen LogP contribution in [0, 0.1) is 12.7 Å². The molecular formula is C30H32FN3O4. The van der Waals surface area contributed by atoms with E-state index in [0.29, 0.717) is 36.7 Å². The third-order valence-corrected chi connectivity index (χ3v) is 5.45. The highest BCUT2D eigenvalue weighted by molar-refractivity contribution is 5.93. The van der Waals surface area contributed by atoms with E-state index in [2.05, 4.69) is 22.4 Å². The SMILES string of the molecule is C=CCc1cc(C=NNC(=O)CCC(=O)Nc2ccccc2F)cc(OCC)c1OCc1ccc(C)cc1. The summed E-state index contributed by atoms with van der Waals surface area (Å²) in [4.78, 5) is 24.2. The second kappa shape index (κ2) is 14.3. The first-order chi connectivity index (χ1) is 18.4. The number of hydrogen-bond donors (Lipinski definition) is 2. The maximum absolute atomic E-state index is 13.7. The van der Waals surface area contributed by atoms with Crippen LogP contribution in [0.5, 0.6) is 11.5 Å². The summed E-state index contributed by atoms with van der Waals surface area (Å²) in [6.45, 7) is 8.60. The Balaban J connectivity index is 1.62. The van der Waals surface area contributed by atoms with Crippen molar-refractivity contribution in [3.05, 3.63) is 101 Å². The Hall–Kier alpha value is -4.46. The maximum Gasteiger partial charge on any atom is 0.240 e. The molecule has 7 nitrogen and oxygen atoms in total. The summed E-state index contributed by atoms with van der Waals surface area (Å²) in [5, 5.41) is 6.46. The number of nitrogens with one attached hydrogen (secondary N) is 2. The molecule has 0 saturated heterocycles. The molecule has 0 spiro atoms. The van der Waals surface area contributed by atoms with Gasteiger partial charge in [0.2, 0.25) is 11.8 Å². The number of rotatable bonds is 13. The van der Waals surface area contributed by atoms with Gasteiger partial charge in [-0.05, 0) is 55.7 Å². The van der Waals surface area contributed by atoms with Crippen molar-refractivity contribution in [2.75, 3.05) is 11.9 Å². The lowest BCUT2D eigenvalue weighted by atomic mass is 10.1. The molecule has 3 rings (SSSR count). The molecule has 38 heavy (non-hydrogen) atoms. The predicted octanol–water partition coefficient (Wildman–Crippen LogP) is 5.71. The molecular weight excluding hydrogens is 485 g/mol. The Bertz CT molecular complexity index is 1290. The van der Waals surface area contributed by atoms with Crippen molar-refractivity contribution in [2.45, 2.75) is 39.7 Å². The van der Waals surface area contributed by atoms with Gasteiger partial charge in [-0.25, -0.2) is 9.82 Å². The van der Waals surface area contributed by atoms with E-state index in [1.807, 2.05) is 44.2 Å². The first-order valence-corrected chi connectivity index (χ1v) is 12.3. The number of halogens is 1. The average molecular weight is 518 g/mol. The zero-order chi connectivity index (χ0) is 27.3. The Labute approximate surface area is 222 Å². The fraction of sp³-hybridized carbons (Fsp3) is 0.233. The van der Waals surface area contributed by atoms with Crippen LogP contribution in [0.4, 0.5) is 10.1 Å². The van der Waals surface area contributed by atoms with Gasteiger partial charge in [0.25, 0.3) is 0 Å². The van der Waals surface area contributed by atoms with E-state index in [0.717, 1.165) is 11.1 Å². The van der Waals surface area contributed by atoms with Crippen molar-refractivity contribution in [3.8, 4) is 11.5 Å². The van der Waals surface area contributed by atoms with E-state index < -0.39 is 17.6 Å². The monoisotopic (exact) mass is 517 g/mol. The van der Waals surface area contributed by atoms with Gasteiger partial charge >= 0.3 is 0 Å². The zero-order valence-corrected chi connectivity index (χ0v) is 21.6.